The van der Waals surface area contributed by atoms with Crippen molar-refractivity contribution in [3.8, 4) is 0 Å². The quantitative estimate of drug-likeness (QED) is 0.496. The Kier molecular flexibility index (Phi) is 7.86. The summed E-state index contributed by atoms with van der Waals surface area (Å²) >= 11 is 1.84. The van der Waals surface area contributed by atoms with E-state index in [1.54, 1.807) is 6.92 Å². The lowest BCUT2D eigenvalue weighted by Crippen LogP contribution is -2.45. The summed E-state index contributed by atoms with van der Waals surface area (Å²) in [6, 6.07) is 6.23. The average molecular weight is 552 g/mol. The number of piperidine rings is 1. The number of aromatic nitrogens is 2. The molecule has 2 aromatic rings. The predicted molar refractivity (Wildman–Crippen MR) is 155 cm³/mol. The van der Waals surface area contributed by atoms with Crippen molar-refractivity contribution < 1.29 is 9.59 Å². The number of imidazole rings is 1. The third kappa shape index (κ3) is 5.56. The molecule has 39 heavy (non-hydrogen) atoms. The van der Waals surface area contributed by atoms with E-state index >= 15 is 0 Å². The maximum Gasteiger partial charge on any atom is 0.223 e. The van der Waals surface area contributed by atoms with Gasteiger partial charge in [-0.05, 0) is 70.9 Å². The molecule has 4 aliphatic rings. The van der Waals surface area contributed by atoms with Crippen LogP contribution in [0.1, 0.15) is 110 Å². The number of nitrogens with zero attached hydrogens (tertiary/aromatic N) is 4. The van der Waals surface area contributed by atoms with Crippen LogP contribution in [0.5, 0.6) is 0 Å². The first-order chi connectivity index (χ1) is 18.9. The normalized spacial score (nSPS) is 26.4. The van der Waals surface area contributed by atoms with E-state index in [1.165, 1.54) is 60.4 Å². The molecule has 1 saturated carbocycles. The van der Waals surface area contributed by atoms with Gasteiger partial charge in [-0.25, -0.2) is 4.98 Å². The van der Waals surface area contributed by atoms with Gasteiger partial charge in [0.1, 0.15) is 5.82 Å². The second kappa shape index (κ2) is 11.4. The topological polar surface area (TPSA) is 70.5 Å². The SMILES string of the molecule is CC(=O)N1CCc2c(nc(C)n2C2C[C@H]3CC[C@@H](C2)N3CC[C@H](NC(=O)C2CCCCC2)c2ccc(C)s2)C1. The summed E-state index contributed by atoms with van der Waals surface area (Å²) in [5, 5.41) is 3.49. The molecule has 1 unspecified atom stereocenters. The molecule has 8 heteroatoms. The minimum atomic E-state index is 0.113. The lowest BCUT2D eigenvalue weighted by molar-refractivity contribution is -0.130. The Balaban J connectivity index is 1.12. The molecule has 2 aromatic heterocycles. The fraction of sp³-hybridized carbons (Fsp3) is 0.710. The first-order valence-electron chi connectivity index (χ1n) is 15.3. The van der Waals surface area contributed by atoms with E-state index in [4.69, 9.17) is 4.98 Å². The smallest absolute Gasteiger partial charge is 0.223 e. The largest absolute Gasteiger partial charge is 0.348 e. The molecule has 212 valence electrons. The van der Waals surface area contributed by atoms with Crippen LogP contribution in [0.25, 0.3) is 0 Å². The zero-order valence-corrected chi connectivity index (χ0v) is 24.8. The zero-order chi connectivity index (χ0) is 27.1. The fourth-order valence-corrected chi connectivity index (χ4v) is 8.94. The molecule has 3 fully saturated rings. The Morgan fingerprint density at radius 2 is 1.79 bits per heavy atom. The van der Waals surface area contributed by atoms with E-state index in [0.29, 0.717) is 24.7 Å². The lowest BCUT2D eigenvalue weighted by atomic mass is 9.88. The molecule has 1 aliphatic carbocycles. The molecule has 0 aromatic carbocycles. The van der Waals surface area contributed by atoms with Crippen LogP contribution in [0.4, 0.5) is 0 Å². The molecule has 3 aliphatic heterocycles. The Hall–Kier alpha value is -2.19. The Morgan fingerprint density at radius 3 is 2.46 bits per heavy atom. The number of carbonyl (C=O) groups is 2. The number of amides is 2. The Labute approximate surface area is 237 Å². The van der Waals surface area contributed by atoms with Crippen molar-refractivity contribution in [2.75, 3.05) is 13.1 Å². The van der Waals surface area contributed by atoms with Gasteiger partial charge in [-0.2, -0.15) is 0 Å². The highest BCUT2D eigenvalue weighted by atomic mass is 32.1. The molecule has 2 bridgehead atoms. The average Bonchev–Trinajstić information content (AvgIpc) is 3.58. The van der Waals surface area contributed by atoms with Gasteiger partial charge in [-0.3, -0.25) is 14.5 Å². The summed E-state index contributed by atoms with van der Waals surface area (Å²) < 4.78 is 2.54. The van der Waals surface area contributed by atoms with Crippen LogP contribution in [0, 0.1) is 19.8 Å². The van der Waals surface area contributed by atoms with Crippen LogP contribution in [0.3, 0.4) is 0 Å². The van der Waals surface area contributed by atoms with Crippen molar-refractivity contribution in [2.24, 2.45) is 5.92 Å². The summed E-state index contributed by atoms with van der Waals surface area (Å²) in [5.41, 5.74) is 2.47. The van der Waals surface area contributed by atoms with E-state index < -0.39 is 0 Å². The Bertz CT molecular complexity index is 1180. The van der Waals surface area contributed by atoms with Crippen LogP contribution in [0.2, 0.25) is 0 Å². The lowest BCUT2D eigenvalue weighted by Gasteiger charge is -2.41. The van der Waals surface area contributed by atoms with Crippen LogP contribution in [-0.4, -0.2) is 56.3 Å². The number of hydrogen-bond donors (Lipinski definition) is 1. The van der Waals surface area contributed by atoms with Crippen molar-refractivity contribution in [2.45, 2.75) is 122 Å². The molecular weight excluding hydrogens is 506 g/mol. The fourth-order valence-electron chi connectivity index (χ4n) is 7.97. The number of aryl methyl sites for hydroxylation is 2. The molecule has 7 nitrogen and oxygen atoms in total. The predicted octanol–water partition coefficient (Wildman–Crippen LogP) is 5.46. The van der Waals surface area contributed by atoms with Gasteiger partial charge in [0.05, 0.1) is 18.3 Å². The third-order valence-corrected chi connectivity index (χ3v) is 11.1. The first-order valence-corrected chi connectivity index (χ1v) is 16.1. The van der Waals surface area contributed by atoms with Crippen molar-refractivity contribution >= 4 is 23.2 Å². The summed E-state index contributed by atoms with van der Waals surface area (Å²) in [7, 11) is 0. The summed E-state index contributed by atoms with van der Waals surface area (Å²) in [6.45, 7) is 8.47. The van der Waals surface area contributed by atoms with Crippen molar-refractivity contribution in [3.05, 3.63) is 39.1 Å². The molecule has 0 radical (unpaired) electrons. The van der Waals surface area contributed by atoms with Gasteiger partial charge in [0.2, 0.25) is 11.8 Å². The molecule has 1 N–H and O–H groups in total. The summed E-state index contributed by atoms with van der Waals surface area (Å²) in [6.07, 6.45) is 12.5. The number of rotatable bonds is 7. The van der Waals surface area contributed by atoms with Gasteiger partial charge < -0.3 is 14.8 Å². The van der Waals surface area contributed by atoms with Gasteiger partial charge in [0, 0.05) is 65.9 Å². The van der Waals surface area contributed by atoms with Crippen LogP contribution < -0.4 is 5.32 Å². The number of nitrogens with one attached hydrogen (secondary N) is 1. The number of thiophene rings is 1. The highest BCUT2D eigenvalue weighted by Crippen LogP contribution is 2.43. The van der Waals surface area contributed by atoms with Gasteiger partial charge in [0.25, 0.3) is 0 Å². The number of carbonyl (C=O) groups excluding carboxylic acids is 2. The number of hydrogen-bond acceptors (Lipinski definition) is 5. The maximum absolute atomic E-state index is 13.2. The van der Waals surface area contributed by atoms with E-state index in [9.17, 15) is 9.59 Å². The van der Waals surface area contributed by atoms with Crippen molar-refractivity contribution in [1.82, 2.24) is 24.7 Å². The van der Waals surface area contributed by atoms with Crippen LogP contribution in [-0.2, 0) is 22.6 Å². The second-order valence-electron chi connectivity index (χ2n) is 12.5. The van der Waals surface area contributed by atoms with E-state index in [1.807, 2.05) is 16.2 Å². The van der Waals surface area contributed by atoms with Crippen molar-refractivity contribution in [3.63, 3.8) is 0 Å². The molecule has 2 amide bonds. The summed E-state index contributed by atoms with van der Waals surface area (Å²) in [4.78, 5) is 37.4. The molecule has 2 saturated heterocycles. The first kappa shape index (κ1) is 27.0. The molecule has 5 heterocycles. The highest BCUT2D eigenvalue weighted by Gasteiger charge is 2.42. The van der Waals surface area contributed by atoms with E-state index in [-0.39, 0.29) is 23.8 Å². The standard InChI is InChI=1S/C31H45N5O2S/c1-20-9-12-30(39-20)27(33-31(38)23-7-5-4-6-8-23)13-16-35-24-10-11-25(35)18-26(17-24)36-21(2)32-28-19-34(22(3)37)15-14-29(28)36/h9,12,23-27H,4-8,10-11,13-19H2,1-3H3,(H,33,38)/t24-,25+,26?,27-/m0/s1. The molecule has 6 rings (SSSR count). The third-order valence-electron chi connectivity index (χ3n) is 9.97. The van der Waals surface area contributed by atoms with Crippen LogP contribution >= 0.6 is 11.3 Å². The summed E-state index contributed by atoms with van der Waals surface area (Å²) in [5.74, 6) is 1.73. The zero-order valence-electron chi connectivity index (χ0n) is 24.0. The number of fused-ring (bicyclic) bond motifs is 3. The molecule has 4 atom stereocenters. The second-order valence-corrected chi connectivity index (χ2v) is 13.8. The van der Waals surface area contributed by atoms with Crippen molar-refractivity contribution in [1.29, 1.82) is 0 Å². The van der Waals surface area contributed by atoms with Gasteiger partial charge in [0.15, 0.2) is 0 Å². The van der Waals surface area contributed by atoms with Gasteiger partial charge in [-0.15, -0.1) is 11.3 Å². The van der Waals surface area contributed by atoms with Gasteiger partial charge in [-0.1, -0.05) is 19.3 Å². The van der Waals surface area contributed by atoms with E-state index in [0.717, 1.165) is 50.3 Å². The molecular formula is C31H45N5O2S. The highest BCUT2D eigenvalue weighted by molar-refractivity contribution is 7.12. The monoisotopic (exact) mass is 551 g/mol. The van der Waals surface area contributed by atoms with Crippen LogP contribution in [0.15, 0.2) is 12.1 Å². The minimum Gasteiger partial charge on any atom is -0.348 e. The van der Waals surface area contributed by atoms with Gasteiger partial charge >= 0.3 is 0 Å². The molecule has 0 spiro atoms. The minimum absolute atomic E-state index is 0.113. The Morgan fingerprint density at radius 1 is 1.05 bits per heavy atom. The van der Waals surface area contributed by atoms with E-state index in [2.05, 4.69) is 40.8 Å². The maximum atomic E-state index is 13.2.